The molecule has 0 aliphatic heterocycles. The molecule has 0 aromatic heterocycles. The van der Waals surface area contributed by atoms with E-state index in [-0.39, 0.29) is 11.7 Å². The average molecular weight is 467 g/mol. The van der Waals surface area contributed by atoms with Crippen LogP contribution in [0.5, 0.6) is 0 Å². The highest BCUT2D eigenvalue weighted by Crippen LogP contribution is 2.22. The quantitative estimate of drug-likeness (QED) is 0.315. The van der Waals surface area contributed by atoms with E-state index in [4.69, 9.17) is 11.6 Å². The van der Waals surface area contributed by atoms with Gasteiger partial charge in [0.05, 0.1) is 12.1 Å². The summed E-state index contributed by atoms with van der Waals surface area (Å²) < 4.78 is 14.5. The number of carbonyl (C=O) groups excluding carboxylic acids is 1. The molecule has 0 saturated heterocycles. The summed E-state index contributed by atoms with van der Waals surface area (Å²) in [5.74, 6) is 5.26. The van der Waals surface area contributed by atoms with E-state index in [0.717, 1.165) is 27.8 Å². The Kier molecular flexibility index (Phi) is 7.42. The Morgan fingerprint density at radius 3 is 2.41 bits per heavy atom. The van der Waals surface area contributed by atoms with Gasteiger partial charge in [-0.3, -0.25) is 4.79 Å². The molecule has 0 fully saturated rings. The first-order chi connectivity index (χ1) is 16.5. The fourth-order valence-electron chi connectivity index (χ4n) is 3.39. The van der Waals surface area contributed by atoms with E-state index in [0.29, 0.717) is 22.6 Å². The summed E-state index contributed by atoms with van der Waals surface area (Å²) in [5.41, 5.74) is 5.51. The molecule has 4 aromatic carbocycles. The molecule has 4 rings (SSSR count). The van der Waals surface area contributed by atoms with Crippen LogP contribution in [-0.4, -0.2) is 5.91 Å². The van der Waals surface area contributed by atoms with Gasteiger partial charge in [-0.25, -0.2) is 4.39 Å². The Morgan fingerprint density at radius 2 is 1.68 bits per heavy atom. The lowest BCUT2D eigenvalue weighted by molar-refractivity contribution is 0.0963. The SMILES string of the molecule is Cc1ccc(C#Cc2ccc(C[CH]NC(=O)c3cccc(-c4ccc(Cl)cc4)c3)cc2F)cc1. The molecule has 34 heavy (non-hydrogen) atoms. The molecule has 0 atom stereocenters. The topological polar surface area (TPSA) is 29.1 Å². The van der Waals surface area contributed by atoms with Crippen molar-refractivity contribution in [1.82, 2.24) is 5.32 Å². The summed E-state index contributed by atoms with van der Waals surface area (Å²) in [6, 6.07) is 27.5. The minimum Gasteiger partial charge on any atom is -0.347 e. The van der Waals surface area contributed by atoms with E-state index in [1.54, 1.807) is 18.7 Å². The van der Waals surface area contributed by atoms with Crippen LogP contribution in [0.3, 0.4) is 0 Å². The van der Waals surface area contributed by atoms with Crippen LogP contribution in [0, 0.1) is 31.1 Å². The molecule has 4 heteroatoms. The number of halogens is 2. The average Bonchev–Trinajstić information content (AvgIpc) is 2.85. The molecule has 1 amide bonds. The zero-order chi connectivity index (χ0) is 23.9. The molecule has 0 aliphatic rings. The minimum absolute atomic E-state index is 0.225. The number of rotatable bonds is 5. The van der Waals surface area contributed by atoms with Crippen LogP contribution in [-0.2, 0) is 6.42 Å². The van der Waals surface area contributed by atoms with Crippen LogP contribution in [0.1, 0.15) is 32.6 Å². The van der Waals surface area contributed by atoms with E-state index in [9.17, 15) is 9.18 Å². The third-order valence-electron chi connectivity index (χ3n) is 5.30. The van der Waals surface area contributed by atoms with Gasteiger partial charge in [0.25, 0.3) is 5.91 Å². The molecular formula is C30H22ClFNO. The fraction of sp³-hybridized carbons (Fsp3) is 0.0667. The second-order valence-corrected chi connectivity index (χ2v) is 8.34. The number of carbonyl (C=O) groups is 1. The number of amides is 1. The summed E-state index contributed by atoms with van der Waals surface area (Å²) in [6.45, 7) is 3.64. The van der Waals surface area contributed by atoms with Crippen molar-refractivity contribution in [2.45, 2.75) is 13.3 Å². The molecule has 0 saturated carbocycles. The molecule has 1 radical (unpaired) electrons. The monoisotopic (exact) mass is 466 g/mol. The molecular weight excluding hydrogens is 445 g/mol. The Bertz CT molecular complexity index is 1370. The summed E-state index contributed by atoms with van der Waals surface area (Å²) in [6.07, 6.45) is 0.394. The lowest BCUT2D eigenvalue weighted by Crippen LogP contribution is -2.21. The lowest BCUT2D eigenvalue weighted by Gasteiger charge is -2.08. The van der Waals surface area contributed by atoms with Gasteiger partial charge in [-0.15, -0.1) is 0 Å². The van der Waals surface area contributed by atoms with Crippen molar-refractivity contribution < 1.29 is 9.18 Å². The molecule has 0 spiro atoms. The third kappa shape index (κ3) is 6.13. The van der Waals surface area contributed by atoms with Crippen molar-refractivity contribution in [2.24, 2.45) is 0 Å². The Hall–Kier alpha value is -3.87. The number of nitrogens with one attached hydrogen (secondary N) is 1. The normalized spacial score (nSPS) is 10.3. The van der Waals surface area contributed by atoms with Crippen LogP contribution in [0.4, 0.5) is 4.39 Å². The predicted molar refractivity (Wildman–Crippen MR) is 136 cm³/mol. The molecule has 0 unspecified atom stereocenters. The number of hydrogen-bond acceptors (Lipinski definition) is 1. The molecule has 2 nitrogen and oxygen atoms in total. The molecule has 0 heterocycles. The number of hydrogen-bond donors (Lipinski definition) is 1. The van der Waals surface area contributed by atoms with E-state index in [1.807, 2.05) is 79.7 Å². The Labute approximate surface area is 204 Å². The highest BCUT2D eigenvalue weighted by atomic mass is 35.5. The van der Waals surface area contributed by atoms with E-state index in [1.165, 1.54) is 6.07 Å². The molecule has 0 aliphatic carbocycles. The fourth-order valence-corrected chi connectivity index (χ4v) is 3.52. The molecule has 167 valence electrons. The first-order valence-corrected chi connectivity index (χ1v) is 11.2. The van der Waals surface area contributed by atoms with Gasteiger partial charge in [0.2, 0.25) is 0 Å². The zero-order valence-corrected chi connectivity index (χ0v) is 19.4. The second-order valence-electron chi connectivity index (χ2n) is 7.90. The van der Waals surface area contributed by atoms with E-state index in [2.05, 4.69) is 17.2 Å². The van der Waals surface area contributed by atoms with Gasteiger partial charge in [-0.2, -0.15) is 0 Å². The highest BCUT2D eigenvalue weighted by molar-refractivity contribution is 6.30. The standard InChI is InChI=1S/C30H22ClFNO/c1-21-5-7-22(8-6-21)9-11-25-12-10-23(19-29(25)32)17-18-33-30(34)27-4-2-3-26(20-27)24-13-15-28(31)16-14-24/h2-8,10,12-16,18-20H,17H2,1H3,(H,33,34). The van der Waals surface area contributed by atoms with Crippen molar-refractivity contribution in [3.63, 3.8) is 0 Å². The van der Waals surface area contributed by atoms with E-state index < -0.39 is 0 Å². The Balaban J connectivity index is 1.35. The van der Waals surface area contributed by atoms with Crippen molar-refractivity contribution in [3.05, 3.63) is 136 Å². The van der Waals surface area contributed by atoms with Crippen molar-refractivity contribution >= 4 is 17.5 Å². The van der Waals surface area contributed by atoms with Gasteiger partial charge in [-0.1, -0.05) is 71.5 Å². The van der Waals surface area contributed by atoms with Gasteiger partial charge in [0, 0.05) is 16.1 Å². The Morgan fingerprint density at radius 1 is 0.912 bits per heavy atom. The van der Waals surface area contributed by atoms with Gasteiger partial charge in [0.1, 0.15) is 5.82 Å². The smallest absolute Gasteiger partial charge is 0.251 e. The minimum atomic E-state index is -0.382. The maximum Gasteiger partial charge on any atom is 0.251 e. The molecule has 4 aromatic rings. The summed E-state index contributed by atoms with van der Waals surface area (Å²) >= 11 is 5.95. The summed E-state index contributed by atoms with van der Waals surface area (Å²) in [4.78, 5) is 12.6. The zero-order valence-electron chi connectivity index (χ0n) is 18.6. The largest absolute Gasteiger partial charge is 0.347 e. The third-order valence-corrected chi connectivity index (χ3v) is 5.55. The van der Waals surface area contributed by atoms with E-state index >= 15 is 0 Å². The first-order valence-electron chi connectivity index (χ1n) is 10.8. The van der Waals surface area contributed by atoms with Crippen molar-refractivity contribution in [2.75, 3.05) is 0 Å². The maximum atomic E-state index is 14.5. The van der Waals surface area contributed by atoms with Gasteiger partial charge < -0.3 is 5.32 Å². The van der Waals surface area contributed by atoms with Crippen LogP contribution in [0.25, 0.3) is 11.1 Å². The highest BCUT2D eigenvalue weighted by Gasteiger charge is 2.08. The van der Waals surface area contributed by atoms with Gasteiger partial charge >= 0.3 is 0 Å². The first kappa shape index (κ1) is 23.3. The van der Waals surface area contributed by atoms with Gasteiger partial charge in [-0.05, 0) is 78.6 Å². The molecule has 1 N–H and O–H groups in total. The molecule has 0 bridgehead atoms. The number of benzene rings is 4. The van der Waals surface area contributed by atoms with Crippen LogP contribution in [0.15, 0.2) is 91.0 Å². The predicted octanol–water partition coefficient (Wildman–Crippen LogP) is 6.99. The number of aryl methyl sites for hydroxylation is 1. The van der Waals surface area contributed by atoms with Crippen LogP contribution >= 0.6 is 11.6 Å². The summed E-state index contributed by atoms with van der Waals surface area (Å²) in [7, 11) is 0. The van der Waals surface area contributed by atoms with Crippen LogP contribution < -0.4 is 5.32 Å². The van der Waals surface area contributed by atoms with Gasteiger partial charge in [0.15, 0.2) is 0 Å². The van der Waals surface area contributed by atoms with Crippen molar-refractivity contribution in [3.8, 4) is 23.0 Å². The lowest BCUT2D eigenvalue weighted by atomic mass is 10.0. The van der Waals surface area contributed by atoms with Crippen LogP contribution in [0.2, 0.25) is 5.02 Å². The van der Waals surface area contributed by atoms with Crippen molar-refractivity contribution in [1.29, 1.82) is 0 Å². The second kappa shape index (κ2) is 10.8. The summed E-state index contributed by atoms with van der Waals surface area (Å²) in [5, 5.41) is 3.45. The maximum absolute atomic E-state index is 14.5.